The van der Waals surface area contributed by atoms with Gasteiger partial charge >= 0.3 is 0 Å². The fourth-order valence-corrected chi connectivity index (χ4v) is 0.627. The second-order valence-electron chi connectivity index (χ2n) is 1.02. The van der Waals surface area contributed by atoms with Crippen molar-refractivity contribution in [2.24, 2.45) is 5.73 Å². The quantitative estimate of drug-likeness (QED) is 0.338. The number of rotatable bonds is 2. The van der Waals surface area contributed by atoms with Gasteiger partial charge in [0.25, 0.3) is 6.47 Å². The number of thioether (sulfide) groups is 1. The Morgan fingerprint density at radius 2 is 2.18 bits per heavy atom. The Kier molecular flexibility index (Phi) is 26.1. The smallest absolute Gasteiger partial charge is 0.290 e. The Hall–Kier alpha value is 0.138. The van der Waals surface area contributed by atoms with Crippen molar-refractivity contribution in [1.29, 1.82) is 0 Å². The van der Waals surface area contributed by atoms with Crippen LogP contribution in [0.15, 0.2) is 12.7 Å². The predicted octanol–water partition coefficient (Wildman–Crippen LogP) is 0.848. The van der Waals surface area contributed by atoms with Crippen LogP contribution in [0.4, 0.5) is 0 Å². The van der Waals surface area contributed by atoms with E-state index in [1.54, 1.807) is 6.08 Å². The Labute approximate surface area is 89.7 Å². The van der Waals surface area contributed by atoms with Gasteiger partial charge in [-0.25, -0.2) is 0 Å². The summed E-state index contributed by atoms with van der Waals surface area (Å²) in [5, 5.41) is 6.89. The van der Waals surface area contributed by atoms with E-state index in [2.05, 4.69) is 18.8 Å². The maximum atomic E-state index is 8.36. The normalized spacial score (nSPS) is 6.18. The van der Waals surface area contributed by atoms with Crippen LogP contribution < -0.4 is 5.73 Å². The van der Waals surface area contributed by atoms with Crippen LogP contribution in [0, 0.1) is 0 Å². The maximum Gasteiger partial charge on any atom is 0.290 e. The van der Waals surface area contributed by atoms with E-state index < -0.39 is 0 Å². The SMILES string of the molecule is C=CCSC(N)=S.O=CO.[Mo]. The molecule has 0 aliphatic carbocycles. The van der Waals surface area contributed by atoms with Gasteiger partial charge in [-0.05, 0) is 0 Å². The molecule has 0 saturated carbocycles. The third-order valence-corrected chi connectivity index (χ3v) is 1.38. The predicted molar refractivity (Wildman–Crippen MR) is 48.1 cm³/mol. The van der Waals surface area contributed by atoms with Gasteiger partial charge in [-0.3, -0.25) is 4.79 Å². The molecule has 0 aromatic heterocycles. The molecule has 64 valence electrons. The van der Waals surface area contributed by atoms with Gasteiger partial charge in [-0.2, -0.15) is 0 Å². The fraction of sp³-hybridized carbons (Fsp3) is 0.200. The van der Waals surface area contributed by atoms with Crippen LogP contribution in [0.1, 0.15) is 0 Å². The van der Waals surface area contributed by atoms with Crippen LogP contribution in [0.2, 0.25) is 0 Å². The number of hydrogen-bond donors (Lipinski definition) is 2. The molecule has 0 aliphatic heterocycles. The molecule has 0 radical (unpaired) electrons. The van der Waals surface area contributed by atoms with Gasteiger partial charge in [0.1, 0.15) is 4.32 Å². The number of carbonyl (C=O) groups is 1. The van der Waals surface area contributed by atoms with Crippen LogP contribution >= 0.6 is 24.0 Å². The summed E-state index contributed by atoms with van der Waals surface area (Å²) in [6, 6.07) is 0. The van der Waals surface area contributed by atoms with Crippen molar-refractivity contribution >= 4 is 34.8 Å². The molecule has 11 heavy (non-hydrogen) atoms. The van der Waals surface area contributed by atoms with Gasteiger partial charge in [0.05, 0.1) is 0 Å². The van der Waals surface area contributed by atoms with E-state index in [0.717, 1.165) is 5.75 Å². The summed E-state index contributed by atoms with van der Waals surface area (Å²) in [6.07, 6.45) is 1.77. The molecule has 0 saturated heterocycles. The third-order valence-electron chi connectivity index (χ3n) is 0.343. The number of carboxylic acid groups (broad SMARTS) is 1. The van der Waals surface area contributed by atoms with Gasteiger partial charge in [-0.15, -0.1) is 6.58 Å². The number of thiocarbonyl (C=S) groups is 1. The molecule has 3 N–H and O–H groups in total. The Morgan fingerprint density at radius 3 is 2.27 bits per heavy atom. The zero-order valence-corrected chi connectivity index (χ0v) is 9.37. The summed E-state index contributed by atoms with van der Waals surface area (Å²) in [6.45, 7) is 3.25. The molecule has 0 fully saturated rings. The van der Waals surface area contributed by atoms with E-state index in [9.17, 15) is 0 Å². The minimum atomic E-state index is -0.250. The first kappa shape index (κ1) is 17.3. The Morgan fingerprint density at radius 1 is 1.82 bits per heavy atom. The zero-order chi connectivity index (χ0) is 8.41. The average molecular weight is 275 g/mol. The van der Waals surface area contributed by atoms with Gasteiger partial charge in [0, 0.05) is 26.8 Å². The molecule has 3 nitrogen and oxygen atoms in total. The summed E-state index contributed by atoms with van der Waals surface area (Å²) in [5.74, 6) is 0.815. The van der Waals surface area contributed by atoms with Crippen LogP contribution in [-0.4, -0.2) is 21.7 Å². The van der Waals surface area contributed by atoms with E-state index in [4.69, 9.17) is 15.6 Å². The minimum absolute atomic E-state index is 0. The molecule has 6 heteroatoms. The first-order valence-electron chi connectivity index (χ1n) is 2.30. The van der Waals surface area contributed by atoms with Crippen molar-refractivity contribution in [3.63, 3.8) is 0 Å². The molecule has 0 amide bonds. The topological polar surface area (TPSA) is 63.3 Å². The average Bonchev–Trinajstić information content (AvgIpc) is 1.85. The summed E-state index contributed by atoms with van der Waals surface area (Å²) in [5.41, 5.74) is 5.13. The second-order valence-corrected chi connectivity index (χ2v) is 2.78. The summed E-state index contributed by atoms with van der Waals surface area (Å²) in [4.78, 5) is 8.36. The van der Waals surface area contributed by atoms with Crippen molar-refractivity contribution in [3.05, 3.63) is 12.7 Å². The van der Waals surface area contributed by atoms with Crippen molar-refractivity contribution in [2.45, 2.75) is 0 Å². The van der Waals surface area contributed by atoms with Crippen molar-refractivity contribution in [3.8, 4) is 0 Å². The molecular weight excluding hydrogens is 266 g/mol. The molecule has 0 bridgehead atoms. The van der Waals surface area contributed by atoms with Crippen LogP contribution in [0.5, 0.6) is 0 Å². The largest absolute Gasteiger partial charge is 0.483 e. The van der Waals surface area contributed by atoms with E-state index in [0.29, 0.717) is 4.32 Å². The first-order valence-corrected chi connectivity index (χ1v) is 3.69. The Bertz CT molecular complexity index is 121. The van der Waals surface area contributed by atoms with E-state index in [1.165, 1.54) is 11.8 Å². The molecule has 0 atom stereocenters. The van der Waals surface area contributed by atoms with Crippen molar-refractivity contribution < 1.29 is 31.0 Å². The molecular formula is C5H9MoNO2S2. The van der Waals surface area contributed by atoms with Gasteiger partial charge in [-0.1, -0.05) is 30.1 Å². The molecule has 0 heterocycles. The van der Waals surface area contributed by atoms with Crippen LogP contribution in [0.25, 0.3) is 0 Å². The van der Waals surface area contributed by atoms with Crippen molar-refractivity contribution in [2.75, 3.05) is 5.75 Å². The molecule has 0 aliphatic rings. The van der Waals surface area contributed by atoms with Gasteiger partial charge < -0.3 is 10.8 Å². The molecule has 0 unspecified atom stereocenters. The first-order chi connectivity index (χ1) is 4.68. The molecule has 0 spiro atoms. The summed E-state index contributed by atoms with van der Waals surface area (Å²) < 4.78 is 0.486. The number of hydrogen-bond acceptors (Lipinski definition) is 3. The molecule has 0 rings (SSSR count). The van der Waals surface area contributed by atoms with Crippen molar-refractivity contribution in [1.82, 2.24) is 0 Å². The summed E-state index contributed by atoms with van der Waals surface area (Å²) >= 11 is 5.98. The summed E-state index contributed by atoms with van der Waals surface area (Å²) in [7, 11) is 0. The zero-order valence-electron chi connectivity index (χ0n) is 5.73. The van der Waals surface area contributed by atoms with Gasteiger partial charge in [0.15, 0.2) is 0 Å². The second kappa shape index (κ2) is 16.6. The van der Waals surface area contributed by atoms with E-state index >= 15 is 0 Å². The van der Waals surface area contributed by atoms with Gasteiger partial charge in [0.2, 0.25) is 0 Å². The molecule has 0 aromatic carbocycles. The van der Waals surface area contributed by atoms with Crippen LogP contribution in [0.3, 0.4) is 0 Å². The fourth-order valence-electron chi connectivity index (χ4n) is 0.141. The standard InChI is InChI=1S/C4H7NS2.CH2O2.Mo/c1-2-3-7-4(5)6;2-1-3;/h2H,1,3H2,(H2,5,6);1H,(H,2,3);. The van der Waals surface area contributed by atoms with E-state index in [-0.39, 0.29) is 27.5 Å². The van der Waals surface area contributed by atoms with E-state index in [1.807, 2.05) is 0 Å². The molecule has 0 aromatic rings. The maximum absolute atomic E-state index is 8.36. The minimum Gasteiger partial charge on any atom is -0.483 e. The number of nitrogens with two attached hydrogens (primary N) is 1. The Balaban J connectivity index is -0.000000140. The monoisotopic (exact) mass is 277 g/mol. The van der Waals surface area contributed by atoms with Crippen LogP contribution in [-0.2, 0) is 25.9 Å². The third kappa shape index (κ3) is 39.2.